The summed E-state index contributed by atoms with van der Waals surface area (Å²) in [6, 6.07) is 6.73. The maximum Gasteiger partial charge on any atom is 0.442 e. The summed E-state index contributed by atoms with van der Waals surface area (Å²) in [6.45, 7) is 0. The van der Waals surface area contributed by atoms with Gasteiger partial charge in [-0.05, 0) is 47.5 Å². The Labute approximate surface area is 218 Å². The largest absolute Gasteiger partial charge is 0.478 e. The molecule has 0 aliphatic carbocycles. The molecule has 40 heavy (non-hydrogen) atoms. The van der Waals surface area contributed by atoms with Gasteiger partial charge in [-0.3, -0.25) is 0 Å². The maximum absolute atomic E-state index is 14.2. The van der Waals surface area contributed by atoms with Gasteiger partial charge >= 0.3 is 41.8 Å². The summed E-state index contributed by atoms with van der Waals surface area (Å²) in [5.41, 5.74) is -10.4. The first kappa shape index (κ1) is 29.5. The Morgan fingerprint density at radius 1 is 0.525 bits per heavy atom. The number of aromatic carboxylic acids is 4. The minimum atomic E-state index is -6.24. The van der Waals surface area contributed by atoms with E-state index in [2.05, 4.69) is 4.74 Å². The smallest absolute Gasteiger partial charge is 0.442 e. The molecule has 0 saturated heterocycles. The van der Waals surface area contributed by atoms with Gasteiger partial charge in [-0.1, -0.05) is 24.3 Å². The Morgan fingerprint density at radius 3 is 1.35 bits per heavy atom. The van der Waals surface area contributed by atoms with E-state index in [4.69, 9.17) is 10.2 Å². The molecule has 15 heteroatoms. The molecule has 0 heterocycles. The lowest BCUT2D eigenvalue weighted by atomic mass is 9.88. The van der Waals surface area contributed by atoms with Crippen LogP contribution < -0.4 is 4.74 Å². The van der Waals surface area contributed by atoms with E-state index in [1.165, 1.54) is 6.07 Å². The molecule has 0 spiro atoms. The Kier molecular flexibility index (Phi) is 7.54. The molecular formula is C25H14F6O9. The van der Waals surface area contributed by atoms with Crippen LogP contribution in [0.4, 0.5) is 26.3 Å². The molecule has 3 aromatic carbocycles. The van der Waals surface area contributed by atoms with Crippen LogP contribution in [0.15, 0.2) is 60.7 Å². The zero-order valence-corrected chi connectivity index (χ0v) is 19.4. The van der Waals surface area contributed by atoms with Crippen molar-refractivity contribution in [3.63, 3.8) is 0 Å². The summed E-state index contributed by atoms with van der Waals surface area (Å²) < 4.78 is 89.6. The van der Waals surface area contributed by atoms with Gasteiger partial charge in [0.15, 0.2) is 0 Å². The van der Waals surface area contributed by atoms with E-state index in [1.807, 2.05) is 0 Å². The van der Waals surface area contributed by atoms with Crippen LogP contribution in [0.5, 0.6) is 5.75 Å². The van der Waals surface area contributed by atoms with Crippen molar-refractivity contribution >= 4 is 23.9 Å². The Morgan fingerprint density at radius 2 is 0.925 bits per heavy atom. The fraction of sp³-hybridized carbons (Fsp3) is 0.120. The first-order chi connectivity index (χ1) is 18.4. The molecule has 0 aromatic heterocycles. The topological polar surface area (TPSA) is 158 Å². The molecule has 0 amide bonds. The van der Waals surface area contributed by atoms with E-state index in [-0.39, 0.29) is 29.3 Å². The summed E-state index contributed by atoms with van der Waals surface area (Å²) in [5, 5.41) is 36.6. The van der Waals surface area contributed by atoms with Gasteiger partial charge in [0.1, 0.15) is 5.75 Å². The number of hydrogen-bond acceptors (Lipinski definition) is 5. The lowest BCUT2D eigenvalue weighted by Crippen LogP contribution is -2.58. The van der Waals surface area contributed by atoms with Crippen molar-refractivity contribution in [1.82, 2.24) is 0 Å². The summed E-state index contributed by atoms with van der Waals surface area (Å²) in [4.78, 5) is 45.3. The lowest BCUT2D eigenvalue weighted by molar-refractivity contribution is -0.365. The van der Waals surface area contributed by atoms with Crippen LogP contribution >= 0.6 is 0 Å². The van der Waals surface area contributed by atoms with E-state index in [0.717, 1.165) is 24.3 Å². The third-order valence-corrected chi connectivity index (χ3v) is 5.62. The van der Waals surface area contributed by atoms with Gasteiger partial charge in [0, 0.05) is 5.56 Å². The van der Waals surface area contributed by atoms with E-state index < -0.39 is 75.4 Å². The van der Waals surface area contributed by atoms with Crippen molar-refractivity contribution in [3.8, 4) is 16.9 Å². The number of halogens is 6. The van der Waals surface area contributed by atoms with Crippen molar-refractivity contribution in [2.75, 3.05) is 0 Å². The second kappa shape index (κ2) is 10.2. The fourth-order valence-corrected chi connectivity index (χ4v) is 3.77. The minimum Gasteiger partial charge on any atom is -0.478 e. The molecule has 0 fully saturated rings. The van der Waals surface area contributed by atoms with Gasteiger partial charge in [0.2, 0.25) is 0 Å². The second-order valence-electron chi connectivity index (χ2n) is 8.04. The molecule has 0 aliphatic rings. The molecule has 0 saturated carbocycles. The number of alkyl halides is 6. The predicted molar refractivity (Wildman–Crippen MR) is 121 cm³/mol. The molecule has 210 valence electrons. The van der Waals surface area contributed by atoms with Crippen LogP contribution in [-0.4, -0.2) is 56.7 Å². The second-order valence-corrected chi connectivity index (χ2v) is 8.04. The van der Waals surface area contributed by atoms with Gasteiger partial charge in [0.05, 0.1) is 22.3 Å². The van der Waals surface area contributed by atoms with Crippen molar-refractivity contribution in [3.05, 3.63) is 88.5 Å². The van der Waals surface area contributed by atoms with Crippen LogP contribution in [0.2, 0.25) is 0 Å². The molecular weight excluding hydrogens is 558 g/mol. The van der Waals surface area contributed by atoms with Crippen LogP contribution in [0, 0.1) is 0 Å². The van der Waals surface area contributed by atoms with Crippen molar-refractivity contribution < 1.29 is 70.7 Å². The first-order valence-corrected chi connectivity index (χ1v) is 10.6. The highest BCUT2D eigenvalue weighted by Gasteiger charge is 2.75. The van der Waals surface area contributed by atoms with E-state index in [1.54, 1.807) is 0 Å². The number of hydrogen-bond donors (Lipinski definition) is 4. The third-order valence-electron chi connectivity index (χ3n) is 5.62. The van der Waals surface area contributed by atoms with E-state index >= 15 is 0 Å². The summed E-state index contributed by atoms with van der Waals surface area (Å²) in [7, 11) is 0. The molecule has 0 unspecified atom stereocenters. The molecule has 4 N–H and O–H groups in total. The summed E-state index contributed by atoms with van der Waals surface area (Å²) in [5.74, 6) is -8.16. The van der Waals surface area contributed by atoms with Crippen LogP contribution in [-0.2, 0) is 5.60 Å². The average Bonchev–Trinajstić information content (AvgIpc) is 2.85. The Balaban J connectivity index is 2.15. The fourth-order valence-electron chi connectivity index (χ4n) is 3.77. The Bertz CT molecular complexity index is 1490. The van der Waals surface area contributed by atoms with E-state index in [0.29, 0.717) is 12.1 Å². The Hall–Kier alpha value is -5.08. The summed E-state index contributed by atoms with van der Waals surface area (Å²) >= 11 is 0. The molecule has 3 rings (SSSR count). The number of rotatable bonds is 8. The van der Waals surface area contributed by atoms with Crippen LogP contribution in [0.1, 0.15) is 47.0 Å². The molecule has 0 atom stereocenters. The first-order valence-electron chi connectivity index (χ1n) is 10.6. The third kappa shape index (κ3) is 5.25. The predicted octanol–water partition coefficient (Wildman–Crippen LogP) is 5.55. The monoisotopic (exact) mass is 572 g/mol. The summed E-state index contributed by atoms with van der Waals surface area (Å²) in [6.07, 6.45) is -12.5. The van der Waals surface area contributed by atoms with Crippen molar-refractivity contribution in [2.45, 2.75) is 18.0 Å². The van der Waals surface area contributed by atoms with Crippen LogP contribution in [0.25, 0.3) is 11.1 Å². The zero-order valence-electron chi connectivity index (χ0n) is 19.4. The van der Waals surface area contributed by atoms with Crippen LogP contribution in [0.3, 0.4) is 0 Å². The van der Waals surface area contributed by atoms with E-state index in [9.17, 15) is 55.7 Å². The maximum atomic E-state index is 14.2. The molecule has 3 aromatic rings. The highest BCUT2D eigenvalue weighted by molar-refractivity contribution is 6.03. The zero-order chi connectivity index (χ0) is 30.2. The van der Waals surface area contributed by atoms with Gasteiger partial charge in [0.25, 0.3) is 0 Å². The van der Waals surface area contributed by atoms with Gasteiger partial charge in [-0.15, -0.1) is 0 Å². The van der Waals surface area contributed by atoms with Crippen molar-refractivity contribution in [2.24, 2.45) is 0 Å². The molecule has 0 bridgehead atoms. The minimum absolute atomic E-state index is 0.0576. The highest BCUT2D eigenvalue weighted by Crippen LogP contribution is 2.53. The average molecular weight is 572 g/mol. The lowest BCUT2D eigenvalue weighted by Gasteiger charge is -2.38. The van der Waals surface area contributed by atoms with Gasteiger partial charge in [-0.2, -0.15) is 26.3 Å². The van der Waals surface area contributed by atoms with Crippen molar-refractivity contribution in [1.29, 1.82) is 0 Å². The number of carboxylic acids is 4. The molecule has 0 aliphatic heterocycles. The standard InChI is InChI=1S/C25H14F6O9/c26-24(27,28)23(25(29,30)31,13-4-8-16(20(34)35)18(10-13)22(38)39)40-14-5-1-11(2-6-14)12-3-7-15(19(32)33)17(9-12)21(36)37/h1-10H,(H,32,33)(H,34,35)(H,36,37)(H,38,39). The normalized spacial score (nSPS) is 12.1. The van der Waals surface area contributed by atoms with Gasteiger partial charge < -0.3 is 25.2 Å². The molecule has 0 radical (unpaired) electrons. The number of benzene rings is 3. The number of carboxylic acid groups (broad SMARTS) is 4. The number of carbonyl (C=O) groups is 4. The highest BCUT2D eigenvalue weighted by atomic mass is 19.4. The van der Waals surface area contributed by atoms with Gasteiger partial charge in [-0.25, -0.2) is 19.2 Å². The SMILES string of the molecule is O=C(O)c1ccc(-c2ccc(OC(c3ccc(C(=O)O)c(C(=O)O)c3)(C(F)(F)F)C(F)(F)F)cc2)cc1C(=O)O. The number of ether oxygens (including phenoxy) is 1. The quantitative estimate of drug-likeness (QED) is 0.254. The molecule has 9 nitrogen and oxygen atoms in total.